The third kappa shape index (κ3) is 3.85. The summed E-state index contributed by atoms with van der Waals surface area (Å²) in [6.07, 6.45) is 0.494. The van der Waals surface area contributed by atoms with Crippen molar-refractivity contribution in [2.45, 2.75) is 18.3 Å². The number of nitro benzene ring substituents is 1. The van der Waals surface area contributed by atoms with E-state index in [0.29, 0.717) is 17.7 Å². The molecule has 0 saturated carbocycles. The average Bonchev–Trinajstić information content (AvgIpc) is 3.21. The Labute approximate surface area is 167 Å². The topological polar surface area (TPSA) is 98.5 Å². The first-order valence-corrected chi connectivity index (χ1v) is 10.1. The van der Waals surface area contributed by atoms with Gasteiger partial charge >= 0.3 is 0 Å². The highest BCUT2D eigenvalue weighted by molar-refractivity contribution is 8.15. The van der Waals surface area contributed by atoms with Crippen LogP contribution in [0.4, 0.5) is 10.5 Å². The zero-order valence-electron chi connectivity index (χ0n) is 14.4. The van der Waals surface area contributed by atoms with Gasteiger partial charge in [0.15, 0.2) is 0 Å². The summed E-state index contributed by atoms with van der Waals surface area (Å²) in [6.45, 7) is 0.0991. The summed E-state index contributed by atoms with van der Waals surface area (Å²) in [5.41, 5.74) is 0.539. The number of nitrogens with zero attached hydrogens (tertiary/aromatic N) is 1. The van der Waals surface area contributed by atoms with Gasteiger partial charge < -0.3 is 4.74 Å². The van der Waals surface area contributed by atoms with Crippen LogP contribution in [0, 0.1) is 10.1 Å². The molecule has 1 atom stereocenters. The van der Waals surface area contributed by atoms with E-state index in [1.165, 1.54) is 17.4 Å². The Morgan fingerprint density at radius 1 is 1.14 bits per heavy atom. The van der Waals surface area contributed by atoms with E-state index in [4.69, 9.17) is 4.74 Å². The molecule has 0 radical (unpaired) electrons. The quantitative estimate of drug-likeness (QED) is 0.477. The molecule has 3 aromatic rings. The predicted molar refractivity (Wildman–Crippen MR) is 108 cm³/mol. The largest absolute Gasteiger partial charge is 0.489 e. The normalized spacial score (nSPS) is 16.4. The Kier molecular flexibility index (Phi) is 5.01. The minimum atomic E-state index is -0.421. The molecule has 4 rings (SSSR count). The monoisotopic (exact) mass is 414 g/mol. The molecule has 1 aliphatic heterocycles. The Morgan fingerprint density at radius 3 is 2.71 bits per heavy atom. The predicted octanol–water partition coefficient (Wildman–Crippen LogP) is 4.28. The van der Waals surface area contributed by atoms with Crippen molar-refractivity contribution in [2.24, 2.45) is 0 Å². The molecule has 0 spiro atoms. The van der Waals surface area contributed by atoms with Gasteiger partial charge in [0.05, 0.1) is 15.7 Å². The molecular formula is C19H14N2O5S2. The van der Waals surface area contributed by atoms with E-state index in [9.17, 15) is 19.7 Å². The van der Waals surface area contributed by atoms with E-state index in [2.05, 4.69) is 5.32 Å². The van der Waals surface area contributed by atoms with Crippen LogP contribution in [0.5, 0.6) is 5.75 Å². The Bertz CT molecular complexity index is 1090. The number of amides is 2. The van der Waals surface area contributed by atoms with Crippen molar-refractivity contribution in [3.05, 3.63) is 69.1 Å². The van der Waals surface area contributed by atoms with Crippen LogP contribution in [-0.2, 0) is 17.8 Å². The third-order valence-corrected chi connectivity index (χ3v) is 6.38. The molecule has 0 bridgehead atoms. The van der Waals surface area contributed by atoms with Crippen molar-refractivity contribution >= 4 is 50.0 Å². The number of ether oxygens (including phenoxy) is 1. The van der Waals surface area contributed by atoms with Gasteiger partial charge in [-0.25, -0.2) is 0 Å². The van der Waals surface area contributed by atoms with Gasteiger partial charge in [0.25, 0.3) is 10.9 Å². The Morgan fingerprint density at radius 2 is 1.96 bits per heavy atom. The number of hydrogen-bond donors (Lipinski definition) is 1. The lowest BCUT2D eigenvalue weighted by Gasteiger charge is -2.06. The van der Waals surface area contributed by atoms with Gasteiger partial charge in [-0.15, -0.1) is 11.3 Å². The number of benzene rings is 2. The second kappa shape index (κ2) is 7.61. The van der Waals surface area contributed by atoms with Gasteiger partial charge in [-0.05, 0) is 35.7 Å². The number of thioether (sulfide) groups is 1. The summed E-state index contributed by atoms with van der Waals surface area (Å²) in [4.78, 5) is 34.7. The van der Waals surface area contributed by atoms with Crippen LogP contribution in [0.25, 0.3) is 10.1 Å². The molecule has 1 fully saturated rings. The second-order valence-corrected chi connectivity index (χ2v) is 8.52. The molecule has 7 nitrogen and oxygen atoms in total. The van der Waals surface area contributed by atoms with Gasteiger partial charge in [-0.3, -0.25) is 25.0 Å². The number of nitro groups is 1. The molecule has 1 N–H and O–H groups in total. The molecule has 1 aromatic heterocycles. The second-order valence-electron chi connectivity index (χ2n) is 6.17. The SMILES string of the molecule is O=C1NC(=O)C(Cc2cc3ccc(OCc4ccccc4[N+](=O)[O-])cc3s2)S1. The smallest absolute Gasteiger partial charge is 0.286 e. The molecule has 2 heterocycles. The maximum atomic E-state index is 11.7. The fourth-order valence-electron chi connectivity index (χ4n) is 2.94. The minimum Gasteiger partial charge on any atom is -0.489 e. The molecule has 2 aromatic carbocycles. The fraction of sp³-hybridized carbons (Fsp3) is 0.158. The van der Waals surface area contributed by atoms with Crippen molar-refractivity contribution in [1.29, 1.82) is 0 Å². The number of para-hydroxylation sites is 1. The first-order valence-electron chi connectivity index (χ1n) is 8.38. The zero-order valence-corrected chi connectivity index (χ0v) is 16.0. The lowest BCUT2D eigenvalue weighted by Crippen LogP contribution is -2.25. The highest BCUT2D eigenvalue weighted by atomic mass is 32.2. The summed E-state index contributed by atoms with van der Waals surface area (Å²) in [7, 11) is 0. The number of rotatable bonds is 6. The van der Waals surface area contributed by atoms with Crippen LogP contribution >= 0.6 is 23.1 Å². The van der Waals surface area contributed by atoms with E-state index in [-0.39, 0.29) is 23.4 Å². The molecule has 0 aliphatic carbocycles. The van der Waals surface area contributed by atoms with Gasteiger partial charge in [-0.2, -0.15) is 0 Å². The van der Waals surface area contributed by atoms with Crippen molar-refractivity contribution in [2.75, 3.05) is 0 Å². The lowest BCUT2D eigenvalue weighted by molar-refractivity contribution is -0.385. The highest BCUT2D eigenvalue weighted by Gasteiger charge is 2.31. The molecule has 1 unspecified atom stereocenters. The standard InChI is InChI=1S/C19H14N2O5S2/c22-18-17(28-19(23)20-18)9-14-7-11-5-6-13(8-16(11)27-14)26-10-12-3-1-2-4-15(12)21(24)25/h1-8,17H,9-10H2,(H,20,22,23). The van der Waals surface area contributed by atoms with E-state index >= 15 is 0 Å². The van der Waals surface area contributed by atoms with Crippen LogP contribution in [0.2, 0.25) is 0 Å². The van der Waals surface area contributed by atoms with Gasteiger partial charge in [0, 0.05) is 22.1 Å². The summed E-state index contributed by atoms with van der Waals surface area (Å²) in [5, 5.41) is 13.7. The zero-order chi connectivity index (χ0) is 19.7. The molecule has 1 saturated heterocycles. The first kappa shape index (κ1) is 18.5. The van der Waals surface area contributed by atoms with Crippen LogP contribution in [0.3, 0.4) is 0 Å². The van der Waals surface area contributed by atoms with Crippen molar-refractivity contribution < 1.29 is 19.2 Å². The highest BCUT2D eigenvalue weighted by Crippen LogP contribution is 2.33. The fourth-order valence-corrected chi connectivity index (χ4v) is 5.03. The van der Waals surface area contributed by atoms with E-state index in [1.54, 1.807) is 18.2 Å². The maximum Gasteiger partial charge on any atom is 0.286 e. The maximum absolute atomic E-state index is 11.7. The van der Waals surface area contributed by atoms with Gasteiger partial charge in [0.2, 0.25) is 5.91 Å². The molecule has 142 valence electrons. The Hall–Kier alpha value is -2.91. The molecule has 28 heavy (non-hydrogen) atoms. The average molecular weight is 414 g/mol. The van der Waals surface area contributed by atoms with Crippen LogP contribution in [0.15, 0.2) is 48.5 Å². The number of carbonyl (C=O) groups excluding carboxylic acids is 2. The number of thiophene rings is 1. The van der Waals surface area contributed by atoms with Gasteiger partial charge in [0.1, 0.15) is 12.4 Å². The van der Waals surface area contributed by atoms with E-state index < -0.39 is 10.2 Å². The van der Waals surface area contributed by atoms with Crippen LogP contribution < -0.4 is 10.1 Å². The summed E-state index contributed by atoms with van der Waals surface area (Å²) < 4.78 is 6.74. The lowest BCUT2D eigenvalue weighted by atomic mass is 10.2. The number of imide groups is 1. The number of hydrogen-bond acceptors (Lipinski definition) is 7. The van der Waals surface area contributed by atoms with Crippen LogP contribution in [-0.4, -0.2) is 21.3 Å². The van der Waals surface area contributed by atoms with E-state index in [0.717, 1.165) is 26.7 Å². The number of carbonyl (C=O) groups is 2. The molecule has 1 aliphatic rings. The van der Waals surface area contributed by atoms with Gasteiger partial charge in [-0.1, -0.05) is 23.9 Å². The van der Waals surface area contributed by atoms with Crippen molar-refractivity contribution in [3.8, 4) is 5.75 Å². The third-order valence-electron chi connectivity index (χ3n) is 4.28. The number of nitrogens with one attached hydrogen (secondary N) is 1. The van der Waals surface area contributed by atoms with E-state index in [1.807, 2.05) is 24.3 Å². The molecule has 9 heteroatoms. The Balaban J connectivity index is 1.48. The van der Waals surface area contributed by atoms with Crippen LogP contribution in [0.1, 0.15) is 10.4 Å². The number of fused-ring (bicyclic) bond motifs is 1. The first-order chi connectivity index (χ1) is 13.5. The molecule has 2 amide bonds. The summed E-state index contributed by atoms with van der Waals surface area (Å²) in [5.74, 6) is 0.364. The summed E-state index contributed by atoms with van der Waals surface area (Å²) >= 11 is 2.56. The summed E-state index contributed by atoms with van der Waals surface area (Å²) in [6, 6.07) is 14.1. The molecular weight excluding hydrogens is 400 g/mol. The minimum absolute atomic E-state index is 0.0314. The van der Waals surface area contributed by atoms with Crippen molar-refractivity contribution in [1.82, 2.24) is 5.32 Å². The van der Waals surface area contributed by atoms with Crippen molar-refractivity contribution in [3.63, 3.8) is 0 Å².